The second-order valence-corrected chi connectivity index (χ2v) is 5.58. The number of benzene rings is 1. The Bertz CT molecular complexity index is 447. The molecule has 0 aromatic heterocycles. The first-order valence-electron chi connectivity index (χ1n) is 6.48. The van der Waals surface area contributed by atoms with Crippen molar-refractivity contribution in [3.05, 3.63) is 34.9 Å². The largest absolute Gasteiger partial charge is 0.343 e. The van der Waals surface area contributed by atoms with E-state index in [9.17, 15) is 4.79 Å². The SMILES string of the molecule is CC(N)C(c1ccc(Cl)cc1)N1CCN(C)C(=O)C1. The zero-order valence-electron chi connectivity index (χ0n) is 11.3. The van der Waals surface area contributed by atoms with Crippen LogP contribution in [0.25, 0.3) is 0 Å². The molecule has 5 heteroatoms. The number of piperazine rings is 1. The Balaban J connectivity index is 2.21. The third-order valence-corrected chi connectivity index (χ3v) is 3.84. The molecular formula is C14H20ClN3O. The fourth-order valence-electron chi connectivity index (χ4n) is 2.52. The Morgan fingerprint density at radius 2 is 1.89 bits per heavy atom. The lowest BCUT2D eigenvalue weighted by atomic mass is 9.98. The Morgan fingerprint density at radius 3 is 2.42 bits per heavy atom. The molecule has 19 heavy (non-hydrogen) atoms. The fourth-order valence-corrected chi connectivity index (χ4v) is 2.65. The molecule has 2 rings (SSSR count). The molecule has 0 spiro atoms. The fraction of sp³-hybridized carbons (Fsp3) is 0.500. The molecule has 0 saturated carbocycles. The standard InChI is InChI=1S/C14H20ClN3O/c1-10(16)14(11-3-5-12(15)6-4-11)18-8-7-17(2)13(19)9-18/h3-6,10,14H,7-9,16H2,1-2H3. The van der Waals surface area contributed by atoms with Crippen LogP contribution < -0.4 is 5.73 Å². The number of hydrogen-bond donors (Lipinski definition) is 1. The van der Waals surface area contributed by atoms with Crippen LogP contribution >= 0.6 is 11.6 Å². The average molecular weight is 282 g/mol. The van der Waals surface area contributed by atoms with Crippen LogP contribution in [0.4, 0.5) is 0 Å². The van der Waals surface area contributed by atoms with E-state index in [2.05, 4.69) is 4.90 Å². The van der Waals surface area contributed by atoms with Crippen LogP contribution in [0.5, 0.6) is 0 Å². The predicted molar refractivity (Wildman–Crippen MR) is 77.1 cm³/mol. The number of hydrogen-bond acceptors (Lipinski definition) is 3. The molecular weight excluding hydrogens is 262 g/mol. The van der Waals surface area contributed by atoms with Gasteiger partial charge < -0.3 is 10.6 Å². The summed E-state index contributed by atoms with van der Waals surface area (Å²) in [5.74, 6) is 0.144. The molecule has 1 amide bonds. The van der Waals surface area contributed by atoms with Gasteiger partial charge in [-0.25, -0.2) is 0 Å². The maximum absolute atomic E-state index is 11.8. The van der Waals surface area contributed by atoms with E-state index in [4.69, 9.17) is 17.3 Å². The molecule has 0 bridgehead atoms. The van der Waals surface area contributed by atoms with Crippen LogP contribution in [0, 0.1) is 0 Å². The van der Waals surface area contributed by atoms with E-state index in [0.29, 0.717) is 11.6 Å². The Labute approximate surface area is 119 Å². The summed E-state index contributed by atoms with van der Waals surface area (Å²) >= 11 is 5.92. The minimum atomic E-state index is -0.0441. The highest BCUT2D eigenvalue weighted by Gasteiger charge is 2.30. The molecule has 0 radical (unpaired) electrons. The van der Waals surface area contributed by atoms with Gasteiger partial charge in [-0.2, -0.15) is 0 Å². The number of nitrogens with two attached hydrogens (primary N) is 1. The van der Waals surface area contributed by atoms with Gasteiger partial charge in [0, 0.05) is 31.2 Å². The van der Waals surface area contributed by atoms with Gasteiger partial charge in [0.05, 0.1) is 12.6 Å². The van der Waals surface area contributed by atoms with Crippen LogP contribution in [-0.2, 0) is 4.79 Å². The minimum absolute atomic E-state index is 0.0441. The number of halogens is 1. The van der Waals surface area contributed by atoms with Crippen molar-refractivity contribution in [3.8, 4) is 0 Å². The van der Waals surface area contributed by atoms with Gasteiger partial charge in [0.25, 0.3) is 0 Å². The maximum Gasteiger partial charge on any atom is 0.236 e. The third kappa shape index (κ3) is 3.26. The first kappa shape index (κ1) is 14.3. The molecule has 1 aliphatic heterocycles. The second-order valence-electron chi connectivity index (χ2n) is 5.14. The lowest BCUT2D eigenvalue weighted by Crippen LogP contribution is -2.52. The number of carbonyl (C=O) groups excluding carboxylic acids is 1. The van der Waals surface area contributed by atoms with Crippen molar-refractivity contribution in [2.45, 2.75) is 19.0 Å². The highest BCUT2D eigenvalue weighted by molar-refractivity contribution is 6.30. The summed E-state index contributed by atoms with van der Waals surface area (Å²) in [6.45, 7) is 3.99. The van der Waals surface area contributed by atoms with E-state index >= 15 is 0 Å². The van der Waals surface area contributed by atoms with Crippen LogP contribution in [0.3, 0.4) is 0 Å². The lowest BCUT2D eigenvalue weighted by Gasteiger charge is -2.39. The summed E-state index contributed by atoms with van der Waals surface area (Å²) in [5.41, 5.74) is 7.23. The molecule has 1 aliphatic rings. The molecule has 0 aliphatic carbocycles. The van der Waals surface area contributed by atoms with Crippen molar-refractivity contribution in [1.82, 2.24) is 9.80 Å². The van der Waals surface area contributed by atoms with Crippen LogP contribution in [-0.4, -0.2) is 48.4 Å². The van der Waals surface area contributed by atoms with E-state index < -0.39 is 0 Å². The normalized spacial score (nSPS) is 20.4. The van der Waals surface area contributed by atoms with Crippen LogP contribution in [0.1, 0.15) is 18.5 Å². The van der Waals surface area contributed by atoms with E-state index in [1.807, 2.05) is 38.2 Å². The maximum atomic E-state index is 11.8. The summed E-state index contributed by atoms with van der Waals surface area (Å²) in [5, 5.41) is 0.710. The van der Waals surface area contributed by atoms with Crippen molar-refractivity contribution >= 4 is 17.5 Å². The van der Waals surface area contributed by atoms with Gasteiger partial charge in [0.2, 0.25) is 5.91 Å². The van der Waals surface area contributed by atoms with Gasteiger partial charge in [-0.3, -0.25) is 9.69 Å². The van der Waals surface area contributed by atoms with Crippen LogP contribution in [0.15, 0.2) is 24.3 Å². The van der Waals surface area contributed by atoms with Crippen molar-refractivity contribution in [3.63, 3.8) is 0 Å². The van der Waals surface area contributed by atoms with Crippen molar-refractivity contribution in [2.24, 2.45) is 5.73 Å². The lowest BCUT2D eigenvalue weighted by molar-refractivity contribution is -0.135. The van der Waals surface area contributed by atoms with E-state index in [1.165, 1.54) is 0 Å². The van der Waals surface area contributed by atoms with Gasteiger partial charge in [-0.15, -0.1) is 0 Å². The van der Waals surface area contributed by atoms with Crippen molar-refractivity contribution in [1.29, 1.82) is 0 Å². The summed E-state index contributed by atoms with van der Waals surface area (Å²) in [6, 6.07) is 7.71. The molecule has 1 aromatic carbocycles. The zero-order valence-corrected chi connectivity index (χ0v) is 12.1. The number of carbonyl (C=O) groups is 1. The van der Waals surface area contributed by atoms with Crippen molar-refractivity contribution < 1.29 is 4.79 Å². The summed E-state index contributed by atoms with van der Waals surface area (Å²) in [6.07, 6.45) is 0. The third-order valence-electron chi connectivity index (χ3n) is 3.59. The molecule has 1 aromatic rings. The summed E-state index contributed by atoms with van der Waals surface area (Å²) < 4.78 is 0. The molecule has 104 valence electrons. The number of amides is 1. The molecule has 2 N–H and O–H groups in total. The Hall–Kier alpha value is -1.10. The summed E-state index contributed by atoms with van der Waals surface area (Å²) in [7, 11) is 1.84. The monoisotopic (exact) mass is 281 g/mol. The molecule has 1 fully saturated rings. The average Bonchev–Trinajstić information content (AvgIpc) is 2.36. The van der Waals surface area contributed by atoms with Crippen molar-refractivity contribution in [2.75, 3.05) is 26.7 Å². The molecule has 4 nitrogen and oxygen atoms in total. The Kier molecular flexibility index (Phi) is 4.45. The highest BCUT2D eigenvalue weighted by atomic mass is 35.5. The van der Waals surface area contributed by atoms with Gasteiger partial charge >= 0.3 is 0 Å². The van der Waals surface area contributed by atoms with Crippen LogP contribution in [0.2, 0.25) is 5.02 Å². The molecule has 1 heterocycles. The van der Waals surface area contributed by atoms with Gasteiger partial charge in [-0.05, 0) is 24.6 Å². The molecule has 2 atom stereocenters. The molecule has 1 saturated heterocycles. The minimum Gasteiger partial charge on any atom is -0.343 e. The molecule has 2 unspecified atom stereocenters. The van der Waals surface area contributed by atoms with E-state index in [0.717, 1.165) is 18.7 Å². The topological polar surface area (TPSA) is 49.6 Å². The van der Waals surface area contributed by atoms with Gasteiger partial charge in [0.15, 0.2) is 0 Å². The zero-order chi connectivity index (χ0) is 14.0. The second kappa shape index (κ2) is 5.90. The number of nitrogens with zero attached hydrogens (tertiary/aromatic N) is 2. The first-order chi connectivity index (χ1) is 8.99. The first-order valence-corrected chi connectivity index (χ1v) is 6.86. The quantitative estimate of drug-likeness (QED) is 0.914. The number of rotatable bonds is 3. The summed E-state index contributed by atoms with van der Waals surface area (Å²) in [4.78, 5) is 15.7. The van der Waals surface area contributed by atoms with Gasteiger partial charge in [-0.1, -0.05) is 23.7 Å². The van der Waals surface area contributed by atoms with E-state index in [1.54, 1.807) is 4.90 Å². The van der Waals surface area contributed by atoms with Gasteiger partial charge in [0.1, 0.15) is 0 Å². The number of likely N-dealkylation sites (N-methyl/N-ethyl adjacent to an activating group) is 1. The smallest absolute Gasteiger partial charge is 0.236 e. The van der Waals surface area contributed by atoms with E-state index in [-0.39, 0.29) is 18.0 Å². The Morgan fingerprint density at radius 1 is 1.26 bits per heavy atom. The predicted octanol–water partition coefficient (Wildman–Crippen LogP) is 1.50. The highest BCUT2D eigenvalue weighted by Crippen LogP contribution is 2.26.